The highest BCUT2D eigenvalue weighted by atomic mass is 16.4. The lowest BCUT2D eigenvalue weighted by molar-refractivity contribution is -0.143. The Bertz CT molecular complexity index is 288. The number of carboxylic acid groups (broad SMARTS) is 1. The number of hydrogen-bond donors (Lipinski definition) is 2. The van der Waals surface area contributed by atoms with E-state index < -0.39 is 12.0 Å². The summed E-state index contributed by atoms with van der Waals surface area (Å²) in [4.78, 5) is 26.0. The van der Waals surface area contributed by atoms with E-state index in [0.29, 0.717) is 32.6 Å². The van der Waals surface area contributed by atoms with Crippen LogP contribution in [0.15, 0.2) is 0 Å². The molecule has 0 aliphatic carbocycles. The Kier molecular flexibility index (Phi) is 4.89. The van der Waals surface area contributed by atoms with Gasteiger partial charge >= 0.3 is 5.97 Å². The Hall–Kier alpha value is -1.14. The van der Waals surface area contributed by atoms with Gasteiger partial charge in [-0.15, -0.1) is 0 Å². The monoisotopic (exact) mass is 243 g/mol. The molecule has 17 heavy (non-hydrogen) atoms. The summed E-state index contributed by atoms with van der Waals surface area (Å²) < 4.78 is 0. The molecule has 1 fully saturated rings. The molecule has 1 rings (SSSR count). The predicted molar refractivity (Wildman–Crippen MR) is 63.5 cm³/mol. The molecule has 1 heterocycles. The molecular weight excluding hydrogens is 222 g/mol. The summed E-state index contributed by atoms with van der Waals surface area (Å²) in [5.41, 5.74) is 5.33. The van der Waals surface area contributed by atoms with Crippen LogP contribution >= 0.6 is 0 Å². The van der Waals surface area contributed by atoms with Gasteiger partial charge in [-0.3, -0.25) is 19.4 Å². The Morgan fingerprint density at radius 3 is 2.06 bits per heavy atom. The van der Waals surface area contributed by atoms with Crippen LogP contribution < -0.4 is 5.73 Å². The number of primary amides is 1. The third-order valence-corrected chi connectivity index (χ3v) is 3.41. The van der Waals surface area contributed by atoms with Gasteiger partial charge in [-0.1, -0.05) is 6.92 Å². The summed E-state index contributed by atoms with van der Waals surface area (Å²) in [7, 11) is 0. The highest BCUT2D eigenvalue weighted by Gasteiger charge is 2.29. The molecule has 6 nitrogen and oxygen atoms in total. The van der Waals surface area contributed by atoms with Gasteiger partial charge in [0.2, 0.25) is 5.91 Å². The first-order valence-electron chi connectivity index (χ1n) is 5.97. The van der Waals surface area contributed by atoms with Gasteiger partial charge in [-0.2, -0.15) is 0 Å². The van der Waals surface area contributed by atoms with Crippen LogP contribution in [0.4, 0.5) is 0 Å². The molecule has 1 aliphatic rings. The quantitative estimate of drug-likeness (QED) is 0.669. The zero-order valence-corrected chi connectivity index (χ0v) is 10.4. The Labute approximate surface area is 101 Å². The second-order valence-corrected chi connectivity index (χ2v) is 4.41. The standard InChI is InChI=1S/C11H21N3O3/c1-3-9(10(12)15)14-6-4-13(5-7-14)8(2)11(16)17/h8-9H,3-7H2,1-2H3,(H2,12,15)(H,16,17). The fourth-order valence-corrected chi connectivity index (χ4v) is 2.23. The van der Waals surface area contributed by atoms with Gasteiger partial charge in [0.15, 0.2) is 0 Å². The van der Waals surface area contributed by atoms with Crippen molar-refractivity contribution < 1.29 is 14.7 Å². The zero-order chi connectivity index (χ0) is 13.0. The number of carbonyl (C=O) groups excluding carboxylic acids is 1. The SMILES string of the molecule is CCC(C(N)=O)N1CCN(C(C)C(=O)O)CC1. The third-order valence-electron chi connectivity index (χ3n) is 3.41. The minimum Gasteiger partial charge on any atom is -0.480 e. The molecule has 0 bridgehead atoms. The average Bonchev–Trinajstić information content (AvgIpc) is 2.29. The largest absolute Gasteiger partial charge is 0.480 e. The number of amides is 1. The molecule has 0 spiro atoms. The number of carbonyl (C=O) groups is 2. The van der Waals surface area contributed by atoms with Crippen molar-refractivity contribution in [2.45, 2.75) is 32.4 Å². The van der Waals surface area contributed by atoms with Crippen LogP contribution in [-0.4, -0.2) is 65.0 Å². The number of rotatable bonds is 5. The molecule has 0 saturated carbocycles. The van der Waals surface area contributed by atoms with Crippen molar-refractivity contribution in [3.8, 4) is 0 Å². The number of nitrogens with two attached hydrogens (primary N) is 1. The molecule has 1 saturated heterocycles. The third kappa shape index (κ3) is 3.41. The van der Waals surface area contributed by atoms with Crippen molar-refractivity contribution in [3.63, 3.8) is 0 Å². The first kappa shape index (κ1) is 13.9. The van der Waals surface area contributed by atoms with E-state index in [1.807, 2.05) is 16.7 Å². The highest BCUT2D eigenvalue weighted by Crippen LogP contribution is 2.11. The van der Waals surface area contributed by atoms with Gasteiger partial charge in [-0.05, 0) is 13.3 Å². The maximum atomic E-state index is 11.2. The molecule has 1 aliphatic heterocycles. The number of hydrogen-bond acceptors (Lipinski definition) is 4. The zero-order valence-electron chi connectivity index (χ0n) is 10.4. The lowest BCUT2D eigenvalue weighted by atomic mass is 10.1. The molecule has 0 aromatic heterocycles. The molecule has 2 atom stereocenters. The fraction of sp³-hybridized carbons (Fsp3) is 0.818. The summed E-state index contributed by atoms with van der Waals surface area (Å²) >= 11 is 0. The van der Waals surface area contributed by atoms with Gasteiger partial charge in [0.1, 0.15) is 6.04 Å². The van der Waals surface area contributed by atoms with Crippen molar-refractivity contribution in [3.05, 3.63) is 0 Å². The van der Waals surface area contributed by atoms with E-state index in [1.54, 1.807) is 6.92 Å². The number of piperazine rings is 1. The van der Waals surface area contributed by atoms with E-state index in [4.69, 9.17) is 10.8 Å². The number of carboxylic acids is 1. The van der Waals surface area contributed by atoms with Crippen LogP contribution in [0.2, 0.25) is 0 Å². The van der Waals surface area contributed by atoms with Crippen LogP contribution in [0, 0.1) is 0 Å². The van der Waals surface area contributed by atoms with Crippen LogP contribution in [0.5, 0.6) is 0 Å². The van der Waals surface area contributed by atoms with Crippen molar-refractivity contribution in [1.82, 2.24) is 9.80 Å². The van der Waals surface area contributed by atoms with E-state index in [1.165, 1.54) is 0 Å². The molecule has 98 valence electrons. The van der Waals surface area contributed by atoms with Gasteiger partial charge in [0.25, 0.3) is 0 Å². The van der Waals surface area contributed by atoms with Crippen LogP contribution in [0.3, 0.4) is 0 Å². The van der Waals surface area contributed by atoms with Crippen LogP contribution in [-0.2, 0) is 9.59 Å². The van der Waals surface area contributed by atoms with E-state index in [9.17, 15) is 9.59 Å². The van der Waals surface area contributed by atoms with Gasteiger partial charge in [0.05, 0.1) is 6.04 Å². The second-order valence-electron chi connectivity index (χ2n) is 4.41. The summed E-state index contributed by atoms with van der Waals surface area (Å²) in [6.07, 6.45) is 0.698. The first-order valence-corrected chi connectivity index (χ1v) is 5.97. The average molecular weight is 243 g/mol. The lowest BCUT2D eigenvalue weighted by Gasteiger charge is -2.39. The maximum absolute atomic E-state index is 11.2. The van der Waals surface area contributed by atoms with E-state index >= 15 is 0 Å². The van der Waals surface area contributed by atoms with E-state index in [2.05, 4.69) is 0 Å². The Morgan fingerprint density at radius 1 is 1.24 bits per heavy atom. The van der Waals surface area contributed by atoms with Crippen molar-refractivity contribution in [2.24, 2.45) is 5.73 Å². The van der Waals surface area contributed by atoms with E-state index in [-0.39, 0.29) is 11.9 Å². The van der Waals surface area contributed by atoms with Gasteiger partial charge in [-0.25, -0.2) is 0 Å². The first-order chi connectivity index (χ1) is 7.97. The molecule has 0 aromatic rings. The molecule has 0 radical (unpaired) electrons. The Balaban J connectivity index is 2.50. The molecule has 1 amide bonds. The normalized spacial score (nSPS) is 22.0. The van der Waals surface area contributed by atoms with Crippen molar-refractivity contribution in [2.75, 3.05) is 26.2 Å². The summed E-state index contributed by atoms with van der Waals surface area (Å²) in [5, 5.41) is 8.91. The number of nitrogens with zero attached hydrogens (tertiary/aromatic N) is 2. The topological polar surface area (TPSA) is 86.9 Å². The smallest absolute Gasteiger partial charge is 0.320 e. The summed E-state index contributed by atoms with van der Waals surface area (Å²) in [6, 6.07) is -0.692. The maximum Gasteiger partial charge on any atom is 0.320 e. The molecule has 0 aromatic carbocycles. The fourth-order valence-electron chi connectivity index (χ4n) is 2.23. The minimum atomic E-state index is -0.805. The summed E-state index contributed by atoms with van der Waals surface area (Å²) in [6.45, 7) is 6.33. The predicted octanol–water partition coefficient (Wildman–Crippen LogP) is -0.659. The molecule has 2 unspecified atom stereocenters. The summed E-state index contributed by atoms with van der Waals surface area (Å²) in [5.74, 6) is -1.10. The highest BCUT2D eigenvalue weighted by molar-refractivity contribution is 5.79. The van der Waals surface area contributed by atoms with Crippen LogP contribution in [0.25, 0.3) is 0 Å². The minimum absolute atomic E-state index is 0.225. The van der Waals surface area contributed by atoms with Gasteiger partial charge in [0, 0.05) is 26.2 Å². The van der Waals surface area contributed by atoms with Crippen molar-refractivity contribution >= 4 is 11.9 Å². The molecule has 6 heteroatoms. The van der Waals surface area contributed by atoms with E-state index in [0.717, 1.165) is 0 Å². The van der Waals surface area contributed by atoms with Gasteiger partial charge < -0.3 is 10.8 Å². The second kappa shape index (κ2) is 5.97. The Morgan fingerprint density at radius 2 is 1.71 bits per heavy atom. The molecular formula is C11H21N3O3. The molecule has 3 N–H and O–H groups in total. The number of aliphatic carboxylic acids is 1. The van der Waals surface area contributed by atoms with Crippen molar-refractivity contribution in [1.29, 1.82) is 0 Å². The lowest BCUT2D eigenvalue weighted by Crippen LogP contribution is -2.56. The van der Waals surface area contributed by atoms with Crippen LogP contribution in [0.1, 0.15) is 20.3 Å².